The number of nitriles is 1. The molecule has 0 aliphatic rings. The van der Waals surface area contributed by atoms with E-state index in [-0.39, 0.29) is 23.1 Å². The van der Waals surface area contributed by atoms with E-state index in [4.69, 9.17) is 5.26 Å². The van der Waals surface area contributed by atoms with Gasteiger partial charge in [-0.25, -0.2) is 4.39 Å². The van der Waals surface area contributed by atoms with Crippen LogP contribution in [0.5, 0.6) is 0 Å². The lowest BCUT2D eigenvalue weighted by Crippen LogP contribution is -2.07. The van der Waals surface area contributed by atoms with Crippen LogP contribution in [0.25, 0.3) is 0 Å². The molecule has 0 fully saturated rings. The van der Waals surface area contributed by atoms with Gasteiger partial charge in [-0.2, -0.15) is 5.26 Å². The van der Waals surface area contributed by atoms with Crippen LogP contribution in [0.1, 0.15) is 24.1 Å². The van der Waals surface area contributed by atoms with E-state index < -0.39 is 4.92 Å². The summed E-state index contributed by atoms with van der Waals surface area (Å²) in [6.45, 7) is 1.84. The third-order valence-corrected chi connectivity index (χ3v) is 3.05. The van der Waals surface area contributed by atoms with Crippen molar-refractivity contribution in [2.24, 2.45) is 0 Å². The molecule has 0 heterocycles. The minimum atomic E-state index is -0.599. The number of rotatable bonds is 4. The van der Waals surface area contributed by atoms with Crippen molar-refractivity contribution in [2.45, 2.75) is 13.0 Å². The molecule has 106 valence electrons. The van der Waals surface area contributed by atoms with Crippen LogP contribution in [0, 0.1) is 27.3 Å². The van der Waals surface area contributed by atoms with Crippen LogP contribution in [0.3, 0.4) is 0 Å². The number of nitrogens with zero attached hydrogens (tertiary/aromatic N) is 2. The lowest BCUT2D eigenvalue weighted by Gasteiger charge is -2.16. The largest absolute Gasteiger partial charge is 0.378 e. The standard InChI is InChI=1S/C15H12FN3O2/c1-10(11-3-2-4-13(16)7-11)18-14-5-6-15(19(20)21)12(8-14)9-17/h2-8,10,18H,1H3. The summed E-state index contributed by atoms with van der Waals surface area (Å²) in [5, 5.41) is 22.8. The zero-order chi connectivity index (χ0) is 15.4. The summed E-state index contributed by atoms with van der Waals surface area (Å²) in [5.74, 6) is -0.331. The number of anilines is 1. The summed E-state index contributed by atoms with van der Waals surface area (Å²) < 4.78 is 13.2. The lowest BCUT2D eigenvalue weighted by molar-refractivity contribution is -0.385. The van der Waals surface area contributed by atoms with E-state index in [0.29, 0.717) is 5.69 Å². The van der Waals surface area contributed by atoms with Gasteiger partial charge >= 0.3 is 0 Å². The van der Waals surface area contributed by atoms with E-state index >= 15 is 0 Å². The van der Waals surface area contributed by atoms with Crippen LogP contribution >= 0.6 is 0 Å². The molecule has 1 unspecified atom stereocenters. The summed E-state index contributed by atoms with van der Waals surface area (Å²) in [4.78, 5) is 10.2. The molecular weight excluding hydrogens is 273 g/mol. The highest BCUT2D eigenvalue weighted by Crippen LogP contribution is 2.25. The van der Waals surface area contributed by atoms with Gasteiger partial charge in [-0.1, -0.05) is 12.1 Å². The Balaban J connectivity index is 2.24. The Bertz CT molecular complexity index is 725. The maximum atomic E-state index is 13.2. The molecule has 0 aliphatic carbocycles. The van der Waals surface area contributed by atoms with Crippen molar-refractivity contribution in [1.29, 1.82) is 5.26 Å². The monoisotopic (exact) mass is 285 g/mol. The van der Waals surface area contributed by atoms with Gasteiger partial charge in [0.25, 0.3) is 5.69 Å². The third kappa shape index (κ3) is 3.34. The van der Waals surface area contributed by atoms with Gasteiger partial charge in [0.2, 0.25) is 0 Å². The molecule has 0 bridgehead atoms. The highest BCUT2D eigenvalue weighted by atomic mass is 19.1. The Kier molecular flexibility index (Phi) is 4.14. The lowest BCUT2D eigenvalue weighted by atomic mass is 10.1. The first-order valence-electron chi connectivity index (χ1n) is 6.22. The maximum absolute atomic E-state index is 13.2. The summed E-state index contributed by atoms with van der Waals surface area (Å²) >= 11 is 0. The Morgan fingerprint density at radius 2 is 2.10 bits per heavy atom. The van der Waals surface area contributed by atoms with Gasteiger partial charge in [0.1, 0.15) is 17.4 Å². The fourth-order valence-electron chi connectivity index (χ4n) is 1.98. The van der Waals surface area contributed by atoms with Crippen LogP contribution < -0.4 is 5.32 Å². The van der Waals surface area contributed by atoms with Crippen LogP contribution in [0.2, 0.25) is 0 Å². The molecule has 0 saturated heterocycles. The van der Waals surface area contributed by atoms with Gasteiger partial charge in [0.15, 0.2) is 0 Å². The minimum absolute atomic E-state index is 0.0172. The minimum Gasteiger partial charge on any atom is -0.378 e. The molecule has 0 amide bonds. The SMILES string of the molecule is CC(Nc1ccc([N+](=O)[O-])c(C#N)c1)c1cccc(F)c1. The molecule has 1 N–H and O–H groups in total. The molecule has 0 spiro atoms. The van der Waals surface area contributed by atoms with Crippen molar-refractivity contribution in [1.82, 2.24) is 0 Å². The molecule has 21 heavy (non-hydrogen) atoms. The van der Waals surface area contributed by atoms with Crippen molar-refractivity contribution in [3.05, 3.63) is 69.5 Å². The Morgan fingerprint density at radius 3 is 2.71 bits per heavy atom. The summed E-state index contributed by atoms with van der Waals surface area (Å²) in [5.41, 5.74) is 1.05. The number of benzene rings is 2. The molecule has 2 rings (SSSR count). The maximum Gasteiger partial charge on any atom is 0.287 e. The smallest absolute Gasteiger partial charge is 0.287 e. The molecule has 0 aromatic heterocycles. The molecule has 1 atom stereocenters. The second-order valence-corrected chi connectivity index (χ2v) is 4.52. The van der Waals surface area contributed by atoms with E-state index in [2.05, 4.69) is 5.32 Å². The van der Waals surface area contributed by atoms with E-state index in [9.17, 15) is 14.5 Å². The molecule has 0 saturated carbocycles. The number of halogens is 1. The van der Waals surface area contributed by atoms with Crippen molar-refractivity contribution >= 4 is 11.4 Å². The van der Waals surface area contributed by atoms with E-state index in [1.165, 1.54) is 30.3 Å². The van der Waals surface area contributed by atoms with Crippen LogP contribution in [-0.2, 0) is 0 Å². The molecule has 0 aliphatic heterocycles. The number of nitrogens with one attached hydrogen (secondary N) is 1. The van der Waals surface area contributed by atoms with E-state index in [1.54, 1.807) is 18.2 Å². The normalized spacial score (nSPS) is 11.5. The van der Waals surface area contributed by atoms with Crippen molar-refractivity contribution < 1.29 is 9.31 Å². The first-order chi connectivity index (χ1) is 10.0. The quantitative estimate of drug-likeness (QED) is 0.685. The predicted octanol–water partition coefficient (Wildman–Crippen LogP) is 3.78. The van der Waals surface area contributed by atoms with Crippen LogP contribution in [0.15, 0.2) is 42.5 Å². The highest BCUT2D eigenvalue weighted by Gasteiger charge is 2.14. The van der Waals surface area contributed by atoms with Crippen LogP contribution in [0.4, 0.5) is 15.8 Å². The summed E-state index contributed by atoms with van der Waals surface area (Å²) in [7, 11) is 0. The number of hydrogen-bond acceptors (Lipinski definition) is 4. The van der Waals surface area contributed by atoms with Gasteiger partial charge in [0, 0.05) is 17.8 Å². The molecule has 5 nitrogen and oxygen atoms in total. The first-order valence-corrected chi connectivity index (χ1v) is 6.22. The van der Waals surface area contributed by atoms with Crippen molar-refractivity contribution in [2.75, 3.05) is 5.32 Å². The predicted molar refractivity (Wildman–Crippen MR) is 76.2 cm³/mol. The fourth-order valence-corrected chi connectivity index (χ4v) is 1.98. The van der Waals surface area contributed by atoms with Gasteiger partial charge in [0.05, 0.1) is 4.92 Å². The molecule has 2 aromatic carbocycles. The molecular formula is C15H12FN3O2. The zero-order valence-electron chi connectivity index (χ0n) is 11.2. The van der Waals surface area contributed by atoms with Gasteiger partial charge in [-0.05, 0) is 36.8 Å². The number of hydrogen-bond donors (Lipinski definition) is 1. The molecule has 6 heteroatoms. The number of nitro groups is 1. The zero-order valence-corrected chi connectivity index (χ0v) is 11.2. The highest BCUT2D eigenvalue weighted by molar-refractivity contribution is 5.59. The summed E-state index contributed by atoms with van der Waals surface area (Å²) in [6.07, 6.45) is 0. The van der Waals surface area contributed by atoms with Gasteiger partial charge < -0.3 is 5.32 Å². The van der Waals surface area contributed by atoms with Crippen molar-refractivity contribution in [3.63, 3.8) is 0 Å². The topological polar surface area (TPSA) is 79.0 Å². The van der Waals surface area contributed by atoms with Crippen molar-refractivity contribution in [3.8, 4) is 6.07 Å². The number of nitro benzene ring substituents is 1. The second-order valence-electron chi connectivity index (χ2n) is 4.52. The summed E-state index contributed by atoms with van der Waals surface area (Å²) in [6, 6.07) is 12.0. The second kappa shape index (κ2) is 6.01. The average molecular weight is 285 g/mol. The molecule has 2 aromatic rings. The van der Waals surface area contributed by atoms with E-state index in [1.807, 2.05) is 6.92 Å². The average Bonchev–Trinajstić information content (AvgIpc) is 2.46. The Labute approximate surface area is 120 Å². The van der Waals surface area contributed by atoms with Gasteiger partial charge in [-0.3, -0.25) is 10.1 Å². The van der Waals surface area contributed by atoms with E-state index in [0.717, 1.165) is 5.56 Å². The fraction of sp³-hybridized carbons (Fsp3) is 0.133. The molecule has 0 radical (unpaired) electrons. The van der Waals surface area contributed by atoms with Gasteiger partial charge in [-0.15, -0.1) is 0 Å². The van der Waals surface area contributed by atoms with Crippen LogP contribution in [-0.4, -0.2) is 4.92 Å². The Morgan fingerprint density at radius 1 is 1.33 bits per heavy atom. The third-order valence-electron chi connectivity index (χ3n) is 3.05. The first kappa shape index (κ1) is 14.5. The Hall–Kier alpha value is -2.94.